The van der Waals surface area contributed by atoms with Crippen LogP contribution >= 0.6 is 23.9 Å². The van der Waals surface area contributed by atoms with Crippen LogP contribution in [0.4, 0.5) is 0 Å². The molecule has 6 atom stereocenters. The SMILES string of the molecule is C=C(C)C(=O)OCCC.CCC(C)c1ccc(C(C)CC)cc1.CCC(C)c1ccccc1.CCCOC(=O)C(C)(Br)CC(C)(C)C(=O)OCCCCC(CC(C)c1ccccc1)c1ccccc1.[P-]=S. The van der Waals surface area contributed by atoms with Crippen LogP contribution in [0.2, 0.25) is 0 Å². The Bertz CT molecular complexity index is 1980. The maximum Gasteiger partial charge on any atom is 0.333 e. The third-order valence-electron chi connectivity index (χ3n) is 12.7. The highest BCUT2D eigenvalue weighted by molar-refractivity contribution is 9.10. The van der Waals surface area contributed by atoms with E-state index in [-0.39, 0.29) is 17.9 Å². The molecule has 0 aliphatic carbocycles. The molecular weight excluding hydrogens is 984 g/mol. The lowest BCUT2D eigenvalue weighted by Gasteiger charge is -2.30. The zero-order valence-electron chi connectivity index (χ0n) is 45.9. The van der Waals surface area contributed by atoms with Gasteiger partial charge in [-0.15, -0.1) is 0 Å². The van der Waals surface area contributed by atoms with E-state index in [4.69, 9.17) is 14.2 Å². The third kappa shape index (κ3) is 28.2. The van der Waals surface area contributed by atoms with E-state index in [0.717, 1.165) is 38.5 Å². The van der Waals surface area contributed by atoms with Gasteiger partial charge < -0.3 is 34.0 Å². The molecule has 6 unspecified atom stereocenters. The van der Waals surface area contributed by atoms with Gasteiger partial charge in [-0.3, -0.25) is 9.59 Å². The van der Waals surface area contributed by atoms with Crippen molar-refractivity contribution in [3.05, 3.63) is 155 Å². The van der Waals surface area contributed by atoms with Gasteiger partial charge in [0.1, 0.15) is 4.32 Å². The fourth-order valence-electron chi connectivity index (χ4n) is 7.62. The minimum absolute atomic E-state index is 0.284. The molecule has 9 heteroatoms. The highest BCUT2D eigenvalue weighted by Crippen LogP contribution is 2.37. The summed E-state index contributed by atoms with van der Waals surface area (Å²) in [4.78, 5) is 35.7. The summed E-state index contributed by atoms with van der Waals surface area (Å²) in [6.45, 7) is 31.5. The third-order valence-corrected chi connectivity index (χ3v) is 13.3. The summed E-state index contributed by atoms with van der Waals surface area (Å²) in [6, 6.07) is 41.2. The van der Waals surface area contributed by atoms with Gasteiger partial charge in [0.05, 0.1) is 25.2 Å². The van der Waals surface area contributed by atoms with Crippen LogP contribution in [0.3, 0.4) is 0 Å². The van der Waals surface area contributed by atoms with Gasteiger partial charge in [0.25, 0.3) is 0 Å². The zero-order valence-corrected chi connectivity index (χ0v) is 49.2. The number of hydrogen-bond acceptors (Lipinski definition) is 7. The van der Waals surface area contributed by atoms with Gasteiger partial charge in [0.15, 0.2) is 0 Å². The van der Waals surface area contributed by atoms with Gasteiger partial charge >= 0.3 is 17.9 Å². The molecule has 0 aliphatic rings. The number of ether oxygens (including phenoxy) is 3. The second-order valence-corrected chi connectivity index (χ2v) is 21.4. The zero-order chi connectivity index (χ0) is 53.8. The van der Waals surface area contributed by atoms with Crippen LogP contribution in [0.25, 0.3) is 0 Å². The summed E-state index contributed by atoms with van der Waals surface area (Å²) < 4.78 is 14.7. The van der Waals surface area contributed by atoms with E-state index in [1.807, 2.05) is 27.7 Å². The average molecular weight is 1080 g/mol. The van der Waals surface area contributed by atoms with Crippen molar-refractivity contribution in [3.63, 3.8) is 0 Å². The lowest BCUT2D eigenvalue weighted by molar-refractivity contribution is -0.156. The van der Waals surface area contributed by atoms with Crippen molar-refractivity contribution >= 4 is 53.7 Å². The fourth-order valence-corrected chi connectivity index (χ4v) is 8.44. The smallest absolute Gasteiger partial charge is 0.333 e. The number of hydrogen-bond donors (Lipinski definition) is 0. The Morgan fingerprint density at radius 2 is 0.915 bits per heavy atom. The van der Waals surface area contributed by atoms with E-state index in [0.29, 0.717) is 61.4 Å². The van der Waals surface area contributed by atoms with Gasteiger partial charge in [-0.1, -0.05) is 200 Å². The lowest BCUT2D eigenvalue weighted by Crippen LogP contribution is -2.39. The van der Waals surface area contributed by atoms with Crippen molar-refractivity contribution in [2.24, 2.45) is 5.41 Å². The average Bonchev–Trinajstić information content (AvgIpc) is 3.39. The molecule has 0 N–H and O–H groups in total. The summed E-state index contributed by atoms with van der Waals surface area (Å²) in [6.07, 6.45) is 9.52. The number of alkyl halides is 1. The summed E-state index contributed by atoms with van der Waals surface area (Å²) in [5.74, 6) is 2.10. The number of rotatable bonds is 24. The molecule has 0 heterocycles. The summed E-state index contributed by atoms with van der Waals surface area (Å²) in [5, 5.41) is 0. The molecule has 4 rings (SSSR count). The van der Waals surface area contributed by atoms with Gasteiger partial charge in [0, 0.05) is 5.57 Å². The molecule has 0 fully saturated rings. The number of carbonyl (C=O) groups is 3. The van der Waals surface area contributed by atoms with Gasteiger partial charge in [0.2, 0.25) is 0 Å². The standard InChI is InChI=1S/C31H43BrO4.C14H22.C10H14.C7H12O2.PS/c1-6-20-35-29(34)31(5,32)23-30(3,4)28(33)36-21-14-13-19-27(26-17-11-8-12-18-26)22-24(2)25-15-9-7-10-16-25;1-5-11(3)13-7-9-14(10-8-13)12(4)6-2;1-3-9(2)10-7-5-4-6-8-10;1-4-5-9-7(8)6(2)3;1-2/h7-12,15-18,24,27H,6,13-14,19-23H2,1-5H3;7-12H,5-6H2,1-4H3;4-9H,3H2,1-2H3;2,4-5H2,1,3H3;/q;;;;-1. The second kappa shape index (κ2) is 38.6. The van der Waals surface area contributed by atoms with E-state index in [9.17, 15) is 14.4 Å². The molecule has 0 aromatic heterocycles. The van der Waals surface area contributed by atoms with Crippen LogP contribution in [0.15, 0.2) is 127 Å². The monoisotopic (exact) mass is 1070 g/mol. The molecule has 0 amide bonds. The van der Waals surface area contributed by atoms with Crippen LogP contribution in [0.1, 0.15) is 212 Å². The topological polar surface area (TPSA) is 78.9 Å². The Morgan fingerprint density at radius 1 is 0.549 bits per heavy atom. The first kappa shape index (κ1) is 67.0. The molecule has 0 bridgehead atoms. The molecule has 0 saturated carbocycles. The summed E-state index contributed by atoms with van der Waals surface area (Å²) >= 11 is 7.24. The van der Waals surface area contributed by atoms with E-state index in [1.54, 1.807) is 13.8 Å². The Balaban J connectivity index is 0.00000113. The Morgan fingerprint density at radius 3 is 1.31 bits per heavy atom. The molecule has 6 nitrogen and oxygen atoms in total. The highest BCUT2D eigenvalue weighted by atomic mass is 79.9. The molecular formula is C62H91BrO6PS-. The maximum atomic E-state index is 12.8. The second-order valence-electron chi connectivity index (χ2n) is 19.6. The minimum atomic E-state index is -0.928. The van der Waals surface area contributed by atoms with Crippen molar-refractivity contribution in [1.82, 2.24) is 0 Å². The molecule has 0 radical (unpaired) electrons. The van der Waals surface area contributed by atoms with Crippen molar-refractivity contribution < 1.29 is 28.6 Å². The summed E-state index contributed by atoms with van der Waals surface area (Å²) in [7, 11) is 3.11. The molecule has 0 saturated heterocycles. The largest absolute Gasteiger partial charge is 0.645 e. The molecule has 4 aromatic rings. The number of carbonyl (C=O) groups excluding carboxylic acids is 3. The first-order valence-corrected chi connectivity index (χ1v) is 28.3. The summed E-state index contributed by atoms with van der Waals surface area (Å²) in [5.41, 5.74) is 6.78. The maximum absolute atomic E-state index is 12.8. The van der Waals surface area contributed by atoms with Crippen LogP contribution in [-0.4, -0.2) is 42.1 Å². The fraction of sp³-hybridized carbons (Fsp3) is 0.532. The number of esters is 3. The first-order chi connectivity index (χ1) is 33.8. The van der Waals surface area contributed by atoms with Crippen LogP contribution < -0.4 is 0 Å². The number of halogens is 1. The van der Waals surface area contributed by atoms with E-state index < -0.39 is 9.74 Å². The van der Waals surface area contributed by atoms with Crippen LogP contribution in [0.5, 0.6) is 0 Å². The van der Waals surface area contributed by atoms with Crippen molar-refractivity contribution in [1.29, 1.82) is 0 Å². The number of unbranched alkanes of at least 4 members (excludes halogenated alkanes) is 1. The highest BCUT2D eigenvalue weighted by Gasteiger charge is 2.42. The number of benzene rings is 4. The molecule has 71 heavy (non-hydrogen) atoms. The van der Waals surface area contributed by atoms with Crippen molar-refractivity contribution in [2.75, 3.05) is 19.8 Å². The Labute approximate surface area is 448 Å². The van der Waals surface area contributed by atoms with Gasteiger partial charge in [-0.2, -0.15) is 0 Å². The van der Waals surface area contributed by atoms with E-state index in [1.165, 1.54) is 47.1 Å². The minimum Gasteiger partial charge on any atom is -0.645 e. The first-order valence-electron chi connectivity index (χ1n) is 26.1. The van der Waals surface area contributed by atoms with Crippen molar-refractivity contribution in [2.45, 2.75) is 188 Å². The molecule has 4 aromatic carbocycles. The van der Waals surface area contributed by atoms with Gasteiger partial charge in [-0.05, 0) is 149 Å². The molecule has 394 valence electrons. The Kier molecular flexibility index (Phi) is 36.5. The molecule has 0 aliphatic heterocycles. The Hall–Kier alpha value is -3.97. The quantitative estimate of drug-likeness (QED) is 0.0173. The van der Waals surface area contributed by atoms with Crippen LogP contribution in [-0.2, 0) is 40.4 Å². The predicted octanol–water partition coefficient (Wildman–Crippen LogP) is 18.5. The molecule has 0 spiro atoms. The predicted molar refractivity (Wildman–Crippen MR) is 310 cm³/mol. The normalized spacial score (nSPS) is 13.5. The van der Waals surface area contributed by atoms with E-state index >= 15 is 0 Å². The van der Waals surface area contributed by atoms with E-state index in [2.05, 4.69) is 206 Å². The van der Waals surface area contributed by atoms with Gasteiger partial charge in [-0.25, -0.2) is 4.79 Å². The van der Waals surface area contributed by atoms with Crippen molar-refractivity contribution in [3.8, 4) is 0 Å². The van der Waals surface area contributed by atoms with Crippen LogP contribution in [0, 0.1) is 5.41 Å². The lowest BCUT2D eigenvalue weighted by atomic mass is 9.83.